The van der Waals surface area contributed by atoms with Gasteiger partial charge in [0.25, 0.3) is 0 Å². The topological polar surface area (TPSA) is 17.1 Å². The quantitative estimate of drug-likeness (QED) is 0.761. The van der Waals surface area contributed by atoms with Crippen LogP contribution in [0.3, 0.4) is 0 Å². The number of hydrogen-bond donors (Lipinski definition) is 0. The molecule has 2 aliphatic rings. The average Bonchev–Trinajstić information content (AvgIpc) is 2.77. The first-order valence-electron chi connectivity index (χ1n) is 7.71. The zero-order valence-corrected chi connectivity index (χ0v) is 12.1. The van der Waals surface area contributed by atoms with Crippen LogP contribution < -0.4 is 0 Å². The second-order valence-corrected chi connectivity index (χ2v) is 6.98. The van der Waals surface area contributed by atoms with Crippen LogP contribution >= 0.6 is 0 Å². The molecule has 0 saturated heterocycles. The van der Waals surface area contributed by atoms with E-state index < -0.39 is 0 Å². The van der Waals surface area contributed by atoms with Crippen molar-refractivity contribution in [2.45, 2.75) is 58.3 Å². The van der Waals surface area contributed by atoms with E-state index in [4.69, 9.17) is 0 Å². The fraction of sp³-hybridized carbons (Fsp3) is 0.611. The minimum absolute atomic E-state index is 0.173. The Bertz CT molecular complexity index is 486. The lowest BCUT2D eigenvalue weighted by molar-refractivity contribution is -0.127. The Kier molecular flexibility index (Phi) is 3.24. The number of rotatable bonds is 2. The van der Waals surface area contributed by atoms with E-state index in [1.165, 1.54) is 30.4 Å². The van der Waals surface area contributed by atoms with Crippen LogP contribution in [-0.4, -0.2) is 5.78 Å². The summed E-state index contributed by atoms with van der Waals surface area (Å²) in [6.07, 6.45) is 6.90. The van der Waals surface area contributed by atoms with Crippen molar-refractivity contribution in [3.05, 3.63) is 35.4 Å². The van der Waals surface area contributed by atoms with Crippen LogP contribution in [0.25, 0.3) is 0 Å². The molecule has 0 spiro atoms. The third kappa shape index (κ3) is 2.24. The minimum atomic E-state index is 0.173. The van der Waals surface area contributed by atoms with Gasteiger partial charge >= 0.3 is 0 Å². The molecule has 1 heteroatoms. The fourth-order valence-corrected chi connectivity index (χ4v) is 4.15. The number of carbonyl (C=O) groups excluding carboxylic acids is 1. The van der Waals surface area contributed by atoms with Crippen molar-refractivity contribution in [3.63, 3.8) is 0 Å². The van der Waals surface area contributed by atoms with E-state index in [1.807, 2.05) is 0 Å². The standard InChI is InChI=1S/C18H24O/c1-18(2)12-6-11-16(18)17(19)15-10-5-8-13-7-3-4-9-14(13)15/h3-4,7,9,15-16H,5-6,8,10-12H2,1-2H3. The van der Waals surface area contributed by atoms with Crippen molar-refractivity contribution >= 4 is 5.78 Å². The maximum absolute atomic E-state index is 13.0. The van der Waals surface area contributed by atoms with Gasteiger partial charge in [0.1, 0.15) is 5.78 Å². The van der Waals surface area contributed by atoms with E-state index in [1.54, 1.807) is 0 Å². The minimum Gasteiger partial charge on any atom is -0.299 e. The molecule has 1 aromatic rings. The van der Waals surface area contributed by atoms with Crippen LogP contribution in [0.4, 0.5) is 0 Å². The lowest BCUT2D eigenvalue weighted by Gasteiger charge is -2.32. The highest BCUT2D eigenvalue weighted by molar-refractivity contribution is 5.89. The molecule has 0 bridgehead atoms. The highest BCUT2D eigenvalue weighted by atomic mass is 16.1. The normalized spacial score (nSPS) is 28.9. The molecular formula is C18H24O. The first kappa shape index (κ1) is 12.9. The van der Waals surface area contributed by atoms with Crippen molar-refractivity contribution in [1.29, 1.82) is 0 Å². The number of Topliss-reactive ketones (excluding diaryl/α,β-unsaturated/α-hetero) is 1. The van der Waals surface area contributed by atoms with E-state index in [0.29, 0.717) is 5.78 Å². The molecule has 2 unspecified atom stereocenters. The van der Waals surface area contributed by atoms with Gasteiger partial charge in [-0.15, -0.1) is 0 Å². The molecule has 0 N–H and O–H groups in total. The molecule has 0 amide bonds. The largest absolute Gasteiger partial charge is 0.299 e. The van der Waals surface area contributed by atoms with Crippen molar-refractivity contribution < 1.29 is 4.79 Å². The third-order valence-electron chi connectivity index (χ3n) is 5.31. The second-order valence-electron chi connectivity index (χ2n) is 6.98. The molecule has 0 aromatic heterocycles. The van der Waals surface area contributed by atoms with Gasteiger partial charge in [0.05, 0.1) is 0 Å². The van der Waals surface area contributed by atoms with Crippen LogP contribution in [-0.2, 0) is 11.2 Å². The SMILES string of the molecule is CC1(C)CCCC1C(=O)C1CCCc2ccccc21. The Labute approximate surface area is 116 Å². The highest BCUT2D eigenvalue weighted by Gasteiger charge is 2.42. The summed E-state index contributed by atoms with van der Waals surface area (Å²) in [4.78, 5) is 13.0. The smallest absolute Gasteiger partial charge is 0.143 e. The monoisotopic (exact) mass is 256 g/mol. The maximum Gasteiger partial charge on any atom is 0.143 e. The van der Waals surface area contributed by atoms with Gasteiger partial charge in [0.2, 0.25) is 0 Å². The fourth-order valence-electron chi connectivity index (χ4n) is 4.15. The Balaban J connectivity index is 1.89. The zero-order valence-electron chi connectivity index (χ0n) is 12.1. The first-order valence-corrected chi connectivity index (χ1v) is 7.71. The van der Waals surface area contributed by atoms with Crippen molar-refractivity contribution in [2.24, 2.45) is 11.3 Å². The Morgan fingerprint density at radius 1 is 1.16 bits per heavy atom. The predicted octanol–water partition coefficient (Wildman–Crippen LogP) is 4.50. The van der Waals surface area contributed by atoms with Gasteiger partial charge < -0.3 is 0 Å². The molecule has 0 heterocycles. The lowest BCUT2D eigenvalue weighted by Crippen LogP contribution is -2.31. The van der Waals surface area contributed by atoms with Crippen LogP contribution in [0.15, 0.2) is 24.3 Å². The van der Waals surface area contributed by atoms with E-state index in [2.05, 4.69) is 38.1 Å². The van der Waals surface area contributed by atoms with Crippen LogP contribution in [0, 0.1) is 11.3 Å². The summed E-state index contributed by atoms with van der Waals surface area (Å²) in [5, 5.41) is 0. The summed E-state index contributed by atoms with van der Waals surface area (Å²) in [5.41, 5.74) is 2.94. The van der Waals surface area contributed by atoms with Gasteiger partial charge in [0.15, 0.2) is 0 Å². The molecule has 1 fully saturated rings. The van der Waals surface area contributed by atoms with E-state index >= 15 is 0 Å². The van der Waals surface area contributed by atoms with Gasteiger partial charge in [0, 0.05) is 11.8 Å². The van der Waals surface area contributed by atoms with E-state index in [9.17, 15) is 4.79 Å². The third-order valence-corrected chi connectivity index (χ3v) is 5.31. The summed E-state index contributed by atoms with van der Waals surface area (Å²) in [7, 11) is 0. The van der Waals surface area contributed by atoms with Crippen LogP contribution in [0.5, 0.6) is 0 Å². The molecule has 1 nitrogen and oxygen atoms in total. The Morgan fingerprint density at radius 2 is 1.95 bits per heavy atom. The molecular weight excluding hydrogens is 232 g/mol. The average molecular weight is 256 g/mol. The first-order chi connectivity index (χ1) is 9.09. The molecule has 19 heavy (non-hydrogen) atoms. The number of benzene rings is 1. The van der Waals surface area contributed by atoms with Crippen LogP contribution in [0.1, 0.15) is 63.0 Å². The molecule has 2 aliphatic carbocycles. The molecule has 1 aromatic carbocycles. The van der Waals surface area contributed by atoms with E-state index in [-0.39, 0.29) is 17.3 Å². The predicted molar refractivity (Wildman–Crippen MR) is 78.3 cm³/mol. The molecule has 0 aliphatic heterocycles. The van der Waals surface area contributed by atoms with Gasteiger partial charge in [-0.3, -0.25) is 4.79 Å². The van der Waals surface area contributed by atoms with Gasteiger partial charge in [-0.2, -0.15) is 0 Å². The van der Waals surface area contributed by atoms with Crippen molar-refractivity contribution in [3.8, 4) is 0 Å². The number of aryl methyl sites for hydroxylation is 1. The summed E-state index contributed by atoms with van der Waals surface area (Å²) >= 11 is 0. The molecule has 102 valence electrons. The van der Waals surface area contributed by atoms with Gasteiger partial charge in [-0.05, 0) is 48.6 Å². The summed E-state index contributed by atoms with van der Waals surface area (Å²) in [6.45, 7) is 4.55. The van der Waals surface area contributed by atoms with Crippen molar-refractivity contribution in [2.75, 3.05) is 0 Å². The number of carbonyl (C=O) groups is 1. The Morgan fingerprint density at radius 3 is 2.68 bits per heavy atom. The van der Waals surface area contributed by atoms with E-state index in [0.717, 1.165) is 19.3 Å². The lowest BCUT2D eigenvalue weighted by atomic mass is 9.71. The van der Waals surface area contributed by atoms with Crippen LogP contribution in [0.2, 0.25) is 0 Å². The summed E-state index contributed by atoms with van der Waals surface area (Å²) in [5.74, 6) is 0.977. The number of hydrogen-bond acceptors (Lipinski definition) is 1. The van der Waals surface area contributed by atoms with Crippen molar-refractivity contribution in [1.82, 2.24) is 0 Å². The summed E-state index contributed by atoms with van der Waals surface area (Å²) in [6, 6.07) is 8.57. The molecule has 0 radical (unpaired) electrons. The van der Waals surface area contributed by atoms with Gasteiger partial charge in [-0.1, -0.05) is 44.5 Å². The summed E-state index contributed by atoms with van der Waals surface area (Å²) < 4.78 is 0. The number of fused-ring (bicyclic) bond motifs is 1. The number of ketones is 1. The maximum atomic E-state index is 13.0. The second kappa shape index (κ2) is 4.77. The molecule has 1 saturated carbocycles. The highest BCUT2D eigenvalue weighted by Crippen LogP contribution is 2.46. The molecule has 2 atom stereocenters. The van der Waals surface area contributed by atoms with Gasteiger partial charge in [-0.25, -0.2) is 0 Å². The molecule has 3 rings (SSSR count). The zero-order chi connectivity index (χ0) is 13.5. The Hall–Kier alpha value is -1.11.